The number of phenolic OH excluding ortho intramolecular Hbond substituents is 2. The van der Waals surface area contributed by atoms with Gasteiger partial charge >= 0.3 is 6.03 Å². The van der Waals surface area contributed by atoms with Crippen molar-refractivity contribution in [2.24, 2.45) is 10.2 Å². The number of azo groups is 1. The minimum absolute atomic E-state index is 0.0102. The molecule has 1 atom stereocenters. The minimum atomic E-state index is -0.854. The summed E-state index contributed by atoms with van der Waals surface area (Å²) >= 11 is 0. The van der Waals surface area contributed by atoms with Crippen molar-refractivity contribution in [2.45, 2.75) is 12.5 Å². The Bertz CT molecular complexity index is 957. The zero-order valence-corrected chi connectivity index (χ0v) is 13.6. The molecule has 4 N–H and O–H groups in total. The number of nitrogens with one attached hydrogen (secondary N) is 2. The molecule has 1 saturated heterocycles. The van der Waals surface area contributed by atoms with Crippen LogP contribution in [0.1, 0.15) is 5.56 Å². The van der Waals surface area contributed by atoms with Crippen LogP contribution in [0.4, 0.5) is 21.9 Å². The van der Waals surface area contributed by atoms with Crippen molar-refractivity contribution in [1.29, 1.82) is 0 Å². The Morgan fingerprint density at radius 1 is 1.07 bits per heavy atom. The van der Waals surface area contributed by atoms with Gasteiger partial charge in [0.15, 0.2) is 0 Å². The van der Waals surface area contributed by atoms with Gasteiger partial charge in [0.05, 0.1) is 10.6 Å². The molecule has 0 bridgehead atoms. The molecule has 0 spiro atoms. The highest BCUT2D eigenvalue weighted by molar-refractivity contribution is 6.04. The molecule has 1 fully saturated rings. The van der Waals surface area contributed by atoms with Crippen molar-refractivity contribution in [3.05, 3.63) is 52.1 Å². The van der Waals surface area contributed by atoms with Crippen molar-refractivity contribution in [2.75, 3.05) is 0 Å². The first-order valence-corrected chi connectivity index (χ1v) is 7.66. The van der Waals surface area contributed by atoms with Gasteiger partial charge in [-0.3, -0.25) is 20.2 Å². The van der Waals surface area contributed by atoms with Gasteiger partial charge in [-0.05, 0) is 23.8 Å². The smallest absolute Gasteiger partial charge is 0.322 e. The van der Waals surface area contributed by atoms with E-state index >= 15 is 0 Å². The van der Waals surface area contributed by atoms with Crippen LogP contribution in [0.2, 0.25) is 0 Å². The molecular weight excluding hydrogens is 358 g/mol. The average molecular weight is 371 g/mol. The molecule has 0 aliphatic carbocycles. The summed E-state index contributed by atoms with van der Waals surface area (Å²) in [5, 5.41) is 42.7. The normalized spacial score (nSPS) is 16.4. The third kappa shape index (κ3) is 3.98. The van der Waals surface area contributed by atoms with Crippen molar-refractivity contribution < 1.29 is 24.7 Å². The Morgan fingerprint density at radius 3 is 2.37 bits per heavy atom. The van der Waals surface area contributed by atoms with Crippen LogP contribution in [-0.4, -0.2) is 33.1 Å². The number of imide groups is 1. The molecule has 3 amide bonds. The quantitative estimate of drug-likeness (QED) is 0.272. The highest BCUT2D eigenvalue weighted by atomic mass is 16.6. The Kier molecular flexibility index (Phi) is 4.66. The summed E-state index contributed by atoms with van der Waals surface area (Å²) in [7, 11) is 0. The summed E-state index contributed by atoms with van der Waals surface area (Å²) < 4.78 is 0. The second-order valence-electron chi connectivity index (χ2n) is 5.66. The number of rotatable bonds is 5. The molecule has 1 aliphatic rings. The zero-order valence-electron chi connectivity index (χ0n) is 13.6. The van der Waals surface area contributed by atoms with Gasteiger partial charge in [0.1, 0.15) is 23.2 Å². The molecule has 11 nitrogen and oxygen atoms in total. The molecule has 3 rings (SSSR count). The molecule has 0 radical (unpaired) electrons. The van der Waals surface area contributed by atoms with E-state index in [1.807, 2.05) is 0 Å². The van der Waals surface area contributed by atoms with E-state index in [4.69, 9.17) is 0 Å². The molecule has 138 valence electrons. The average Bonchev–Trinajstić information content (AvgIpc) is 2.93. The number of urea groups is 1. The van der Waals surface area contributed by atoms with E-state index in [1.54, 1.807) is 0 Å². The summed E-state index contributed by atoms with van der Waals surface area (Å²) in [6.07, 6.45) is -0.0102. The maximum atomic E-state index is 11.6. The standard InChI is InChI=1S/C16H13N5O6/c22-13-7-14(23)11(5-8(13)6-12-15(24)18-16(25)17-12)20-19-9-1-3-10(4-2-9)21(26)27/h1-5,7,12,22-23H,6H2,(H2,17,18,24,25). The van der Waals surface area contributed by atoms with Crippen molar-refractivity contribution >= 4 is 29.0 Å². The highest BCUT2D eigenvalue weighted by Crippen LogP contribution is 2.35. The Balaban J connectivity index is 1.82. The van der Waals surface area contributed by atoms with Gasteiger partial charge < -0.3 is 15.5 Å². The number of aromatic hydroxyl groups is 2. The second-order valence-corrected chi connectivity index (χ2v) is 5.66. The van der Waals surface area contributed by atoms with Crippen LogP contribution >= 0.6 is 0 Å². The molecule has 1 unspecified atom stereocenters. The first kappa shape index (κ1) is 17.8. The lowest BCUT2D eigenvalue weighted by Crippen LogP contribution is -2.31. The van der Waals surface area contributed by atoms with E-state index in [0.29, 0.717) is 5.69 Å². The van der Waals surface area contributed by atoms with Crippen LogP contribution in [0.3, 0.4) is 0 Å². The molecule has 2 aromatic rings. The van der Waals surface area contributed by atoms with Crippen LogP contribution in [-0.2, 0) is 11.2 Å². The highest BCUT2D eigenvalue weighted by Gasteiger charge is 2.30. The number of nitro groups is 1. The van der Waals surface area contributed by atoms with Gasteiger partial charge in [-0.15, -0.1) is 5.11 Å². The van der Waals surface area contributed by atoms with E-state index in [0.717, 1.165) is 6.07 Å². The van der Waals surface area contributed by atoms with Gasteiger partial charge in [0, 0.05) is 24.6 Å². The van der Waals surface area contributed by atoms with E-state index in [-0.39, 0.29) is 34.9 Å². The molecule has 0 aromatic heterocycles. The number of nitro benzene ring substituents is 1. The maximum absolute atomic E-state index is 11.6. The summed E-state index contributed by atoms with van der Waals surface area (Å²) in [5.74, 6) is -1.14. The maximum Gasteiger partial charge on any atom is 0.322 e. The topological polar surface area (TPSA) is 167 Å². The van der Waals surface area contributed by atoms with Gasteiger partial charge in [-0.1, -0.05) is 0 Å². The summed E-state index contributed by atoms with van der Waals surface area (Å²) in [6.45, 7) is 0. The van der Waals surface area contributed by atoms with E-state index in [9.17, 15) is 29.9 Å². The van der Waals surface area contributed by atoms with Crippen molar-refractivity contribution in [1.82, 2.24) is 10.6 Å². The molecule has 11 heteroatoms. The van der Waals surface area contributed by atoms with Crippen LogP contribution in [0.15, 0.2) is 46.6 Å². The van der Waals surface area contributed by atoms with Crippen LogP contribution < -0.4 is 10.6 Å². The molecule has 2 aromatic carbocycles. The van der Waals surface area contributed by atoms with Crippen molar-refractivity contribution in [3.8, 4) is 11.5 Å². The lowest BCUT2D eigenvalue weighted by Gasteiger charge is -2.10. The predicted octanol–water partition coefficient (Wildman–Crippen LogP) is 2.17. The van der Waals surface area contributed by atoms with Crippen LogP contribution in [0.5, 0.6) is 11.5 Å². The number of carbonyl (C=O) groups excluding carboxylic acids is 2. The van der Waals surface area contributed by atoms with E-state index in [1.165, 1.54) is 30.3 Å². The summed E-state index contributed by atoms with van der Waals surface area (Å²) in [5.41, 5.74) is 0.511. The minimum Gasteiger partial charge on any atom is -0.508 e. The lowest BCUT2D eigenvalue weighted by atomic mass is 10.0. The largest absolute Gasteiger partial charge is 0.508 e. The number of benzene rings is 2. The number of carbonyl (C=O) groups is 2. The lowest BCUT2D eigenvalue weighted by molar-refractivity contribution is -0.384. The SMILES string of the molecule is O=C1NC(=O)C(Cc2cc(N=Nc3ccc([N+](=O)[O-])cc3)c(O)cc2O)N1. The zero-order chi connectivity index (χ0) is 19.6. The molecule has 1 heterocycles. The van der Waals surface area contributed by atoms with Crippen molar-refractivity contribution in [3.63, 3.8) is 0 Å². The molecule has 27 heavy (non-hydrogen) atoms. The third-order valence-corrected chi connectivity index (χ3v) is 3.79. The summed E-state index contributed by atoms with van der Waals surface area (Å²) in [4.78, 5) is 32.9. The fourth-order valence-electron chi connectivity index (χ4n) is 2.43. The van der Waals surface area contributed by atoms with E-state index < -0.39 is 22.9 Å². The molecular formula is C16H13N5O6. The number of hydrogen-bond donors (Lipinski definition) is 4. The Morgan fingerprint density at radius 2 is 1.78 bits per heavy atom. The predicted molar refractivity (Wildman–Crippen MR) is 91.2 cm³/mol. The number of nitrogens with zero attached hydrogens (tertiary/aromatic N) is 3. The number of amides is 3. The monoisotopic (exact) mass is 371 g/mol. The van der Waals surface area contributed by atoms with Crippen LogP contribution in [0.25, 0.3) is 0 Å². The first-order valence-electron chi connectivity index (χ1n) is 7.66. The van der Waals surface area contributed by atoms with E-state index in [2.05, 4.69) is 20.9 Å². The van der Waals surface area contributed by atoms with Gasteiger partial charge in [-0.2, -0.15) is 5.11 Å². The molecule has 0 saturated carbocycles. The van der Waals surface area contributed by atoms with Crippen LogP contribution in [0, 0.1) is 10.1 Å². The fraction of sp³-hybridized carbons (Fsp3) is 0.125. The number of non-ortho nitro benzene ring substituents is 1. The van der Waals surface area contributed by atoms with Gasteiger partial charge in [0.25, 0.3) is 11.6 Å². The Hall–Kier alpha value is -4.02. The fourth-order valence-corrected chi connectivity index (χ4v) is 2.43. The number of phenols is 2. The molecule has 1 aliphatic heterocycles. The van der Waals surface area contributed by atoms with Gasteiger partial charge in [0.2, 0.25) is 0 Å². The third-order valence-electron chi connectivity index (χ3n) is 3.79. The summed E-state index contributed by atoms with van der Waals surface area (Å²) in [6, 6.07) is 6.20. The Labute approximate surface area is 151 Å². The van der Waals surface area contributed by atoms with Gasteiger partial charge in [-0.25, -0.2) is 4.79 Å². The number of hydrogen-bond acceptors (Lipinski definition) is 8. The second kappa shape index (κ2) is 7.07. The first-order chi connectivity index (χ1) is 12.8.